The lowest BCUT2D eigenvalue weighted by Gasteiger charge is -2.18. The van der Waals surface area contributed by atoms with Crippen molar-refractivity contribution in [3.05, 3.63) is 72.9 Å². The summed E-state index contributed by atoms with van der Waals surface area (Å²) in [5.41, 5.74) is 0. The second kappa shape index (κ2) is 57.4. The zero-order valence-corrected chi connectivity index (χ0v) is 45.6. The van der Waals surface area contributed by atoms with Crippen molar-refractivity contribution in [1.29, 1.82) is 0 Å². The predicted octanol–water partition coefficient (Wildman–Crippen LogP) is 19.8. The van der Waals surface area contributed by atoms with Gasteiger partial charge in [-0.05, 0) is 89.9 Å². The number of carbonyl (C=O) groups excluding carboxylic acids is 3. The zero-order chi connectivity index (χ0) is 50.0. The Morgan fingerprint density at radius 2 is 0.565 bits per heavy atom. The van der Waals surface area contributed by atoms with Crippen molar-refractivity contribution in [2.75, 3.05) is 13.2 Å². The Bertz CT molecular complexity index is 1290. The first-order chi connectivity index (χ1) is 34.0. The van der Waals surface area contributed by atoms with Gasteiger partial charge in [0.1, 0.15) is 13.2 Å². The number of ether oxygens (including phenoxy) is 3. The Labute approximate surface area is 427 Å². The molecule has 0 radical (unpaired) electrons. The number of rotatable bonds is 53. The molecule has 0 unspecified atom stereocenters. The summed E-state index contributed by atoms with van der Waals surface area (Å²) in [6.07, 6.45) is 73.2. The highest BCUT2D eigenvalue weighted by Gasteiger charge is 2.19. The molecule has 0 aliphatic carbocycles. The first-order valence-corrected chi connectivity index (χ1v) is 29.4. The maximum Gasteiger partial charge on any atom is 0.306 e. The average molecular weight is 964 g/mol. The van der Waals surface area contributed by atoms with Crippen molar-refractivity contribution in [2.45, 2.75) is 297 Å². The maximum absolute atomic E-state index is 12.9. The SMILES string of the molecule is CC/C=C\C/C=C\C/C=C\C/C=C\C/C=C\CCCCCC(=O)O[C@H](COC(=O)CCCCCCC/C=C\CCCCCCCC)COC(=O)CCCCCCCCCCCCCCCCCCC. The topological polar surface area (TPSA) is 78.9 Å². The predicted molar refractivity (Wildman–Crippen MR) is 298 cm³/mol. The fraction of sp³-hybridized carbons (Fsp3) is 0.762. The van der Waals surface area contributed by atoms with Crippen LogP contribution in [0.15, 0.2) is 72.9 Å². The van der Waals surface area contributed by atoms with Crippen LogP contribution in [0.1, 0.15) is 290 Å². The average Bonchev–Trinajstić information content (AvgIpc) is 3.35. The van der Waals surface area contributed by atoms with Crippen molar-refractivity contribution in [1.82, 2.24) is 0 Å². The van der Waals surface area contributed by atoms with E-state index >= 15 is 0 Å². The molecule has 1 atom stereocenters. The van der Waals surface area contributed by atoms with Crippen LogP contribution in [0.5, 0.6) is 0 Å². The minimum atomic E-state index is -0.795. The first-order valence-electron chi connectivity index (χ1n) is 29.4. The second-order valence-electron chi connectivity index (χ2n) is 19.5. The number of carbonyl (C=O) groups is 3. The van der Waals surface area contributed by atoms with Gasteiger partial charge in [0.25, 0.3) is 0 Å². The molecule has 0 N–H and O–H groups in total. The maximum atomic E-state index is 12.9. The van der Waals surface area contributed by atoms with E-state index in [1.807, 2.05) is 0 Å². The van der Waals surface area contributed by atoms with Gasteiger partial charge >= 0.3 is 17.9 Å². The molecule has 0 aliphatic rings. The van der Waals surface area contributed by atoms with Gasteiger partial charge in [0.05, 0.1) is 0 Å². The Morgan fingerprint density at radius 1 is 0.304 bits per heavy atom. The summed E-state index contributed by atoms with van der Waals surface area (Å²) >= 11 is 0. The van der Waals surface area contributed by atoms with Gasteiger partial charge in [-0.15, -0.1) is 0 Å². The Hall–Kier alpha value is -3.15. The fourth-order valence-electron chi connectivity index (χ4n) is 8.29. The van der Waals surface area contributed by atoms with Crippen LogP contribution in [-0.4, -0.2) is 37.2 Å². The van der Waals surface area contributed by atoms with Crippen molar-refractivity contribution < 1.29 is 28.6 Å². The van der Waals surface area contributed by atoms with E-state index in [1.165, 1.54) is 148 Å². The summed E-state index contributed by atoms with van der Waals surface area (Å²) in [4.78, 5) is 38.2. The van der Waals surface area contributed by atoms with Crippen LogP contribution in [-0.2, 0) is 28.6 Å². The molecule has 0 fully saturated rings. The van der Waals surface area contributed by atoms with Gasteiger partial charge in [-0.1, -0.05) is 254 Å². The van der Waals surface area contributed by atoms with E-state index in [9.17, 15) is 14.4 Å². The molecular weight excluding hydrogens is 853 g/mol. The van der Waals surface area contributed by atoms with Gasteiger partial charge < -0.3 is 14.2 Å². The van der Waals surface area contributed by atoms with E-state index in [0.717, 1.165) is 103 Å². The Morgan fingerprint density at radius 3 is 0.913 bits per heavy atom. The monoisotopic (exact) mass is 963 g/mol. The highest BCUT2D eigenvalue weighted by atomic mass is 16.6. The highest BCUT2D eigenvalue weighted by Crippen LogP contribution is 2.16. The third kappa shape index (κ3) is 55.6. The smallest absolute Gasteiger partial charge is 0.306 e. The molecule has 0 saturated carbocycles. The van der Waals surface area contributed by atoms with Crippen LogP contribution in [0.4, 0.5) is 0 Å². The van der Waals surface area contributed by atoms with Crippen LogP contribution in [0.3, 0.4) is 0 Å². The molecule has 0 aliphatic heterocycles. The van der Waals surface area contributed by atoms with Crippen molar-refractivity contribution in [3.8, 4) is 0 Å². The Balaban J connectivity index is 4.44. The van der Waals surface area contributed by atoms with E-state index < -0.39 is 6.10 Å². The van der Waals surface area contributed by atoms with E-state index in [1.54, 1.807) is 0 Å². The molecule has 0 amide bonds. The Kier molecular flexibility index (Phi) is 54.8. The molecule has 6 heteroatoms. The summed E-state index contributed by atoms with van der Waals surface area (Å²) in [6, 6.07) is 0. The first kappa shape index (κ1) is 65.8. The molecule has 69 heavy (non-hydrogen) atoms. The van der Waals surface area contributed by atoms with Gasteiger partial charge in [-0.3, -0.25) is 14.4 Å². The molecule has 0 aromatic rings. The third-order valence-corrected chi connectivity index (χ3v) is 12.7. The standard InChI is InChI=1S/C63H110O6/c1-4-7-10-13-16-19-22-25-28-30-31-33-36-39-42-45-48-51-54-57-63(66)69-60(58-67-61(64)55-52-49-46-43-40-37-34-27-24-21-18-15-12-9-6-3)59-68-62(65)56-53-50-47-44-41-38-35-32-29-26-23-20-17-14-11-8-5-2/h7,10,16,19,25,27-28,31,33-34,39,42,60H,4-6,8-9,11-15,17-18,20-24,26,29-30,32,35-38,40-41,43-59H2,1-3H3/b10-7-,19-16-,28-25-,33-31-,34-27-,42-39-/t60-/m1/s1. The number of allylic oxidation sites excluding steroid dienone is 12. The number of unbranched alkanes of at least 4 members (excludes halogenated alkanes) is 30. The molecule has 6 nitrogen and oxygen atoms in total. The molecule has 0 heterocycles. The van der Waals surface area contributed by atoms with Crippen LogP contribution in [0.25, 0.3) is 0 Å². The molecule has 0 bridgehead atoms. The van der Waals surface area contributed by atoms with E-state index in [2.05, 4.69) is 93.7 Å². The van der Waals surface area contributed by atoms with E-state index in [4.69, 9.17) is 14.2 Å². The summed E-state index contributed by atoms with van der Waals surface area (Å²) < 4.78 is 16.9. The minimum Gasteiger partial charge on any atom is -0.462 e. The molecular formula is C63H110O6. The third-order valence-electron chi connectivity index (χ3n) is 12.7. The van der Waals surface area contributed by atoms with Crippen LogP contribution >= 0.6 is 0 Å². The summed E-state index contributed by atoms with van der Waals surface area (Å²) in [6.45, 7) is 6.52. The lowest BCUT2D eigenvalue weighted by molar-refractivity contribution is -0.167. The van der Waals surface area contributed by atoms with Crippen LogP contribution in [0, 0.1) is 0 Å². The molecule has 0 saturated heterocycles. The molecule has 398 valence electrons. The summed E-state index contributed by atoms with van der Waals surface area (Å²) in [7, 11) is 0. The van der Waals surface area contributed by atoms with Gasteiger partial charge in [0, 0.05) is 19.3 Å². The lowest BCUT2D eigenvalue weighted by atomic mass is 10.0. The van der Waals surface area contributed by atoms with Crippen molar-refractivity contribution in [3.63, 3.8) is 0 Å². The largest absolute Gasteiger partial charge is 0.462 e. The van der Waals surface area contributed by atoms with Gasteiger partial charge in [-0.25, -0.2) is 0 Å². The lowest BCUT2D eigenvalue weighted by Crippen LogP contribution is -2.30. The highest BCUT2D eigenvalue weighted by molar-refractivity contribution is 5.71. The van der Waals surface area contributed by atoms with Crippen molar-refractivity contribution in [2.24, 2.45) is 0 Å². The number of hydrogen-bond acceptors (Lipinski definition) is 6. The van der Waals surface area contributed by atoms with E-state index in [-0.39, 0.29) is 37.5 Å². The van der Waals surface area contributed by atoms with Gasteiger partial charge in [0.15, 0.2) is 6.10 Å². The fourth-order valence-corrected chi connectivity index (χ4v) is 8.29. The quantitative estimate of drug-likeness (QED) is 0.0262. The zero-order valence-electron chi connectivity index (χ0n) is 45.6. The number of esters is 3. The number of hydrogen-bond donors (Lipinski definition) is 0. The van der Waals surface area contributed by atoms with Crippen LogP contribution < -0.4 is 0 Å². The van der Waals surface area contributed by atoms with Gasteiger partial charge in [0.2, 0.25) is 0 Å². The normalized spacial score (nSPS) is 12.6. The summed E-state index contributed by atoms with van der Waals surface area (Å²) in [5.74, 6) is -0.919. The summed E-state index contributed by atoms with van der Waals surface area (Å²) in [5, 5.41) is 0. The molecule has 0 rings (SSSR count). The van der Waals surface area contributed by atoms with E-state index in [0.29, 0.717) is 12.8 Å². The molecule has 0 aromatic heterocycles. The molecule has 0 spiro atoms. The van der Waals surface area contributed by atoms with Crippen molar-refractivity contribution >= 4 is 17.9 Å². The van der Waals surface area contributed by atoms with Crippen LogP contribution in [0.2, 0.25) is 0 Å². The minimum absolute atomic E-state index is 0.0890. The second-order valence-corrected chi connectivity index (χ2v) is 19.5. The molecule has 0 aromatic carbocycles. The van der Waals surface area contributed by atoms with Gasteiger partial charge in [-0.2, -0.15) is 0 Å².